The highest BCUT2D eigenvalue weighted by Gasteiger charge is 2.06. The summed E-state index contributed by atoms with van der Waals surface area (Å²) in [7, 11) is 1.36. The van der Waals surface area contributed by atoms with Crippen LogP contribution < -0.4 is 0 Å². The van der Waals surface area contributed by atoms with Crippen LogP contribution in [0.25, 0.3) is 0 Å². The van der Waals surface area contributed by atoms with Gasteiger partial charge >= 0.3 is 6.09 Å². The third-order valence-electron chi connectivity index (χ3n) is 1.08. The Morgan fingerprint density at radius 1 is 1.78 bits per heavy atom. The number of hydrogen-bond acceptors (Lipinski definition) is 2. The number of hydrogen-bond donors (Lipinski definition) is 0. The molecule has 3 heteroatoms. The molecule has 0 atom stereocenters. The molecule has 0 spiro atoms. The van der Waals surface area contributed by atoms with Crippen molar-refractivity contribution in [3.63, 3.8) is 0 Å². The summed E-state index contributed by atoms with van der Waals surface area (Å²) in [5.41, 5.74) is 0. The second-order valence-electron chi connectivity index (χ2n) is 1.55. The molecule has 0 aliphatic heterocycles. The zero-order valence-corrected chi connectivity index (χ0v) is 5.89. The number of amides is 1. The molecule has 0 aromatic carbocycles. The largest absolute Gasteiger partial charge is 0.453 e. The second-order valence-corrected chi connectivity index (χ2v) is 1.55. The Labute approximate surface area is 55.6 Å². The number of carbonyl (C=O) groups excluding carboxylic acids is 1. The van der Waals surface area contributed by atoms with Crippen molar-refractivity contribution in [3.8, 4) is 0 Å². The fraction of sp³-hybridized carbons (Fsp3) is 0.667. The Balaban J connectivity index is 3.64. The predicted octanol–water partition coefficient (Wildman–Crippen LogP) is 0.909. The van der Waals surface area contributed by atoms with Gasteiger partial charge in [0.1, 0.15) is 0 Å². The molecule has 0 heterocycles. The van der Waals surface area contributed by atoms with E-state index in [0.717, 1.165) is 0 Å². The van der Waals surface area contributed by atoms with Crippen molar-refractivity contribution < 1.29 is 9.53 Å². The summed E-state index contributed by atoms with van der Waals surface area (Å²) in [6.45, 7) is 6.54. The van der Waals surface area contributed by atoms with Crippen molar-refractivity contribution in [3.05, 3.63) is 6.92 Å². The Hall–Kier alpha value is -0.730. The van der Waals surface area contributed by atoms with E-state index < -0.39 is 0 Å². The van der Waals surface area contributed by atoms with Crippen molar-refractivity contribution in [2.75, 3.05) is 20.2 Å². The van der Waals surface area contributed by atoms with Crippen molar-refractivity contribution >= 4 is 6.09 Å². The number of rotatable bonds is 2. The fourth-order valence-electron chi connectivity index (χ4n) is 0.508. The average molecular weight is 130 g/mol. The topological polar surface area (TPSA) is 29.5 Å². The number of methoxy groups -OCH3 is 1. The quantitative estimate of drug-likeness (QED) is 0.556. The summed E-state index contributed by atoms with van der Waals surface area (Å²) in [5, 5.41) is 0. The summed E-state index contributed by atoms with van der Waals surface area (Å²) < 4.78 is 4.44. The van der Waals surface area contributed by atoms with Crippen molar-refractivity contribution in [1.82, 2.24) is 4.90 Å². The third kappa shape index (κ3) is 2.35. The lowest BCUT2D eigenvalue weighted by Gasteiger charge is -2.15. The van der Waals surface area contributed by atoms with Crippen LogP contribution in [0.5, 0.6) is 0 Å². The van der Waals surface area contributed by atoms with Crippen LogP contribution in [0.1, 0.15) is 6.92 Å². The zero-order chi connectivity index (χ0) is 7.28. The van der Waals surface area contributed by atoms with Crippen LogP contribution in [0.15, 0.2) is 0 Å². The van der Waals surface area contributed by atoms with Crippen LogP contribution in [0, 0.1) is 6.92 Å². The number of ether oxygens (including phenoxy) is 1. The molecular weight excluding hydrogens is 118 g/mol. The van der Waals surface area contributed by atoms with Crippen LogP contribution in [-0.2, 0) is 4.74 Å². The normalized spacial score (nSPS) is 8.78. The van der Waals surface area contributed by atoms with E-state index in [1.807, 2.05) is 6.92 Å². The highest BCUT2D eigenvalue weighted by atomic mass is 16.5. The average Bonchev–Trinajstić information content (AvgIpc) is 1.90. The molecule has 0 saturated carbocycles. The standard InChI is InChI=1S/C6H12NO2/c1-4-7(5-2)6(8)9-3/h1,4-5H2,2-3H3. The van der Waals surface area contributed by atoms with E-state index in [1.165, 1.54) is 12.0 Å². The van der Waals surface area contributed by atoms with Gasteiger partial charge in [-0.15, -0.1) is 0 Å². The maximum absolute atomic E-state index is 10.6. The monoisotopic (exact) mass is 130 g/mol. The highest BCUT2D eigenvalue weighted by Crippen LogP contribution is 1.89. The van der Waals surface area contributed by atoms with Crippen LogP contribution in [0.4, 0.5) is 4.79 Å². The van der Waals surface area contributed by atoms with Gasteiger partial charge in [0.05, 0.1) is 7.11 Å². The molecule has 9 heavy (non-hydrogen) atoms. The molecule has 0 bridgehead atoms. The maximum atomic E-state index is 10.6. The molecule has 0 rings (SSSR count). The van der Waals surface area contributed by atoms with Crippen molar-refractivity contribution in [1.29, 1.82) is 0 Å². The Bertz CT molecular complexity index is 89.1. The SMILES string of the molecule is [CH2]CN(CC)C(=O)OC. The molecule has 1 radical (unpaired) electrons. The second kappa shape index (κ2) is 4.18. The van der Waals surface area contributed by atoms with Crippen molar-refractivity contribution in [2.45, 2.75) is 6.92 Å². The van der Waals surface area contributed by atoms with Gasteiger partial charge in [0, 0.05) is 13.1 Å². The van der Waals surface area contributed by atoms with Crippen LogP contribution in [-0.4, -0.2) is 31.2 Å². The summed E-state index contributed by atoms with van der Waals surface area (Å²) in [6, 6.07) is 0. The number of nitrogens with zero attached hydrogens (tertiary/aromatic N) is 1. The Morgan fingerprint density at radius 2 is 2.33 bits per heavy atom. The molecule has 0 aliphatic carbocycles. The van der Waals surface area contributed by atoms with E-state index in [2.05, 4.69) is 11.7 Å². The molecule has 0 saturated heterocycles. The van der Waals surface area contributed by atoms with Gasteiger partial charge in [0.2, 0.25) is 0 Å². The predicted molar refractivity (Wildman–Crippen MR) is 35.0 cm³/mol. The summed E-state index contributed by atoms with van der Waals surface area (Å²) in [5.74, 6) is 0. The first-order valence-corrected chi connectivity index (χ1v) is 2.88. The lowest BCUT2D eigenvalue weighted by Crippen LogP contribution is -2.30. The summed E-state index contributed by atoms with van der Waals surface area (Å²) in [4.78, 5) is 12.1. The summed E-state index contributed by atoms with van der Waals surface area (Å²) in [6.07, 6.45) is -0.312. The lowest BCUT2D eigenvalue weighted by molar-refractivity contribution is 0.130. The molecule has 1 amide bonds. The fourth-order valence-corrected chi connectivity index (χ4v) is 0.508. The minimum atomic E-state index is -0.312. The molecule has 0 N–H and O–H groups in total. The van der Waals surface area contributed by atoms with E-state index >= 15 is 0 Å². The molecular formula is C6H12NO2. The smallest absolute Gasteiger partial charge is 0.409 e. The minimum Gasteiger partial charge on any atom is -0.453 e. The van der Waals surface area contributed by atoms with Gasteiger partial charge < -0.3 is 9.64 Å². The van der Waals surface area contributed by atoms with Gasteiger partial charge in [-0.1, -0.05) is 0 Å². The van der Waals surface area contributed by atoms with E-state index in [4.69, 9.17) is 0 Å². The van der Waals surface area contributed by atoms with E-state index in [-0.39, 0.29) is 6.09 Å². The van der Waals surface area contributed by atoms with Gasteiger partial charge in [-0.05, 0) is 13.8 Å². The Kier molecular flexibility index (Phi) is 3.84. The molecule has 0 aliphatic rings. The first-order valence-electron chi connectivity index (χ1n) is 2.88. The van der Waals surface area contributed by atoms with Gasteiger partial charge in [-0.25, -0.2) is 4.79 Å². The van der Waals surface area contributed by atoms with Gasteiger partial charge in [0.15, 0.2) is 0 Å². The molecule has 53 valence electrons. The maximum Gasteiger partial charge on any atom is 0.409 e. The van der Waals surface area contributed by atoms with Gasteiger partial charge in [0.25, 0.3) is 0 Å². The third-order valence-corrected chi connectivity index (χ3v) is 1.08. The highest BCUT2D eigenvalue weighted by molar-refractivity contribution is 5.67. The van der Waals surface area contributed by atoms with E-state index in [9.17, 15) is 4.79 Å². The zero-order valence-electron chi connectivity index (χ0n) is 5.89. The number of carbonyl (C=O) groups is 1. The van der Waals surface area contributed by atoms with Crippen LogP contribution in [0.2, 0.25) is 0 Å². The van der Waals surface area contributed by atoms with Gasteiger partial charge in [-0.2, -0.15) is 0 Å². The minimum absolute atomic E-state index is 0.312. The molecule has 0 aromatic rings. The van der Waals surface area contributed by atoms with Crippen molar-refractivity contribution in [2.24, 2.45) is 0 Å². The van der Waals surface area contributed by atoms with Crippen LogP contribution >= 0.6 is 0 Å². The van der Waals surface area contributed by atoms with Gasteiger partial charge in [-0.3, -0.25) is 0 Å². The molecule has 3 nitrogen and oxygen atoms in total. The first kappa shape index (κ1) is 8.27. The van der Waals surface area contributed by atoms with E-state index in [1.54, 1.807) is 0 Å². The molecule has 0 fully saturated rings. The molecule has 0 aromatic heterocycles. The summed E-state index contributed by atoms with van der Waals surface area (Å²) >= 11 is 0. The lowest BCUT2D eigenvalue weighted by atomic mass is 10.6. The van der Waals surface area contributed by atoms with Crippen LogP contribution in [0.3, 0.4) is 0 Å². The van der Waals surface area contributed by atoms with E-state index in [0.29, 0.717) is 13.1 Å². The molecule has 0 unspecified atom stereocenters. The Morgan fingerprint density at radius 3 is 2.44 bits per heavy atom. The first-order chi connectivity index (χ1) is 4.26.